The highest BCUT2D eigenvalue weighted by Crippen LogP contribution is 2.32. The van der Waals surface area contributed by atoms with Gasteiger partial charge in [0.2, 0.25) is 0 Å². The van der Waals surface area contributed by atoms with E-state index in [1.54, 1.807) is 43.5 Å². The Labute approximate surface area is 164 Å². The number of hydrogen-bond donors (Lipinski definition) is 1. The van der Waals surface area contributed by atoms with Gasteiger partial charge >= 0.3 is 0 Å². The smallest absolute Gasteiger partial charge is 0.285 e. The summed E-state index contributed by atoms with van der Waals surface area (Å²) in [6, 6.07) is 13.6. The third-order valence-corrected chi connectivity index (χ3v) is 5.06. The zero-order valence-electron chi connectivity index (χ0n) is 13.6. The van der Waals surface area contributed by atoms with Crippen LogP contribution in [0, 0.1) is 0 Å². The van der Waals surface area contributed by atoms with Gasteiger partial charge in [0.25, 0.3) is 11.8 Å². The Morgan fingerprint density at radius 2 is 2.00 bits per heavy atom. The number of carbonyl (C=O) groups is 2. The number of hydrogen-bond acceptors (Lipinski definition) is 5. The second-order valence-electron chi connectivity index (χ2n) is 5.24. The minimum Gasteiger partial charge on any atom is -0.497 e. The molecular formula is C18H13ClN2O3S2. The minimum atomic E-state index is -0.444. The molecule has 0 saturated carbocycles. The molecule has 1 heterocycles. The van der Waals surface area contributed by atoms with Crippen LogP contribution in [0.2, 0.25) is 5.02 Å². The van der Waals surface area contributed by atoms with E-state index in [0.29, 0.717) is 21.2 Å². The predicted octanol–water partition coefficient (Wildman–Crippen LogP) is 3.89. The lowest BCUT2D eigenvalue weighted by molar-refractivity contribution is -0.123. The molecule has 2 amide bonds. The maximum atomic E-state index is 12.6. The number of rotatable bonds is 4. The van der Waals surface area contributed by atoms with Crippen LogP contribution in [0.15, 0.2) is 53.4 Å². The molecule has 2 aromatic carbocycles. The monoisotopic (exact) mass is 404 g/mol. The summed E-state index contributed by atoms with van der Waals surface area (Å²) < 4.78 is 5.43. The maximum Gasteiger partial charge on any atom is 0.285 e. The van der Waals surface area contributed by atoms with Crippen LogP contribution in [0.25, 0.3) is 6.08 Å². The van der Waals surface area contributed by atoms with Crippen molar-refractivity contribution in [3.8, 4) is 5.75 Å². The van der Waals surface area contributed by atoms with Crippen LogP contribution >= 0.6 is 35.6 Å². The number of halogens is 1. The van der Waals surface area contributed by atoms with Crippen LogP contribution in [0.4, 0.5) is 0 Å². The van der Waals surface area contributed by atoms with Crippen molar-refractivity contribution < 1.29 is 14.3 Å². The molecule has 132 valence electrons. The Balaban J connectivity index is 1.77. The molecule has 1 aliphatic rings. The molecule has 5 nitrogen and oxygen atoms in total. The number of benzene rings is 2. The normalized spacial score (nSPS) is 15.5. The lowest BCUT2D eigenvalue weighted by atomic mass is 10.2. The Morgan fingerprint density at radius 1 is 1.27 bits per heavy atom. The van der Waals surface area contributed by atoms with Gasteiger partial charge in [-0.05, 0) is 60.3 Å². The van der Waals surface area contributed by atoms with Crippen LogP contribution in [-0.2, 0) is 4.79 Å². The van der Waals surface area contributed by atoms with Crippen molar-refractivity contribution in [1.82, 2.24) is 10.4 Å². The molecule has 26 heavy (non-hydrogen) atoms. The van der Waals surface area contributed by atoms with E-state index in [2.05, 4.69) is 5.43 Å². The average Bonchev–Trinajstić information content (AvgIpc) is 2.90. The van der Waals surface area contributed by atoms with E-state index in [1.165, 1.54) is 0 Å². The molecule has 0 bridgehead atoms. The molecule has 3 rings (SSSR count). The van der Waals surface area contributed by atoms with Gasteiger partial charge < -0.3 is 4.74 Å². The number of methoxy groups -OCH3 is 1. The molecule has 0 spiro atoms. The first-order valence-electron chi connectivity index (χ1n) is 7.46. The van der Waals surface area contributed by atoms with Crippen molar-refractivity contribution >= 4 is 57.8 Å². The van der Waals surface area contributed by atoms with Gasteiger partial charge in [-0.25, -0.2) is 0 Å². The fraction of sp³-hybridized carbons (Fsp3) is 0.0556. The molecular weight excluding hydrogens is 392 g/mol. The fourth-order valence-corrected chi connectivity index (χ4v) is 3.52. The lowest BCUT2D eigenvalue weighted by Gasteiger charge is -2.15. The van der Waals surface area contributed by atoms with E-state index in [-0.39, 0.29) is 10.2 Å². The summed E-state index contributed by atoms with van der Waals surface area (Å²) in [5.41, 5.74) is 3.70. The van der Waals surface area contributed by atoms with Gasteiger partial charge in [0.15, 0.2) is 4.32 Å². The molecule has 0 unspecified atom stereocenters. The number of carbonyl (C=O) groups excluding carboxylic acids is 2. The molecule has 0 aliphatic carbocycles. The molecule has 0 atom stereocenters. The fourth-order valence-electron chi connectivity index (χ4n) is 2.21. The van der Waals surface area contributed by atoms with Gasteiger partial charge in [-0.3, -0.25) is 15.0 Å². The molecule has 1 fully saturated rings. The quantitative estimate of drug-likeness (QED) is 0.618. The largest absolute Gasteiger partial charge is 0.497 e. The summed E-state index contributed by atoms with van der Waals surface area (Å²) >= 11 is 12.2. The van der Waals surface area contributed by atoms with E-state index in [4.69, 9.17) is 28.6 Å². The predicted molar refractivity (Wildman–Crippen MR) is 107 cm³/mol. The molecule has 0 aromatic heterocycles. The minimum absolute atomic E-state index is 0.256. The summed E-state index contributed by atoms with van der Waals surface area (Å²) in [7, 11) is 1.57. The van der Waals surface area contributed by atoms with Gasteiger partial charge in [0, 0.05) is 10.6 Å². The number of amides is 2. The van der Waals surface area contributed by atoms with Crippen molar-refractivity contribution in [3.63, 3.8) is 0 Å². The number of nitrogens with one attached hydrogen (secondary N) is 1. The van der Waals surface area contributed by atoms with Crippen LogP contribution in [-0.4, -0.2) is 28.3 Å². The van der Waals surface area contributed by atoms with Gasteiger partial charge in [-0.15, -0.1) is 0 Å². The molecule has 1 N–H and O–H groups in total. The highest BCUT2D eigenvalue weighted by atomic mass is 35.5. The van der Waals surface area contributed by atoms with Crippen molar-refractivity contribution in [2.24, 2.45) is 0 Å². The molecule has 1 aliphatic heterocycles. The van der Waals surface area contributed by atoms with E-state index < -0.39 is 5.91 Å². The summed E-state index contributed by atoms with van der Waals surface area (Å²) in [4.78, 5) is 25.3. The molecule has 8 heteroatoms. The van der Waals surface area contributed by atoms with E-state index >= 15 is 0 Å². The Hall–Kier alpha value is -2.35. The van der Waals surface area contributed by atoms with E-state index in [1.807, 2.05) is 18.2 Å². The second-order valence-corrected chi connectivity index (χ2v) is 7.35. The number of thioether (sulfide) groups is 1. The van der Waals surface area contributed by atoms with Crippen LogP contribution < -0.4 is 10.2 Å². The van der Waals surface area contributed by atoms with Crippen LogP contribution in [0.1, 0.15) is 15.9 Å². The first-order chi connectivity index (χ1) is 12.5. The summed E-state index contributed by atoms with van der Waals surface area (Å²) in [6.45, 7) is 0. The topological polar surface area (TPSA) is 58.6 Å². The molecule has 2 aromatic rings. The number of thiocarbonyl (C=S) groups is 1. The van der Waals surface area contributed by atoms with Crippen molar-refractivity contribution in [2.45, 2.75) is 0 Å². The third-order valence-electron chi connectivity index (χ3n) is 3.51. The van der Waals surface area contributed by atoms with Crippen molar-refractivity contribution in [2.75, 3.05) is 7.11 Å². The van der Waals surface area contributed by atoms with Crippen molar-refractivity contribution in [3.05, 3.63) is 69.6 Å². The van der Waals surface area contributed by atoms with Crippen LogP contribution in [0.5, 0.6) is 5.75 Å². The Morgan fingerprint density at radius 3 is 2.69 bits per heavy atom. The molecule has 1 saturated heterocycles. The first kappa shape index (κ1) is 18.4. The molecule has 0 radical (unpaired) electrons. The second kappa shape index (κ2) is 7.90. The van der Waals surface area contributed by atoms with E-state index in [0.717, 1.165) is 22.3 Å². The average molecular weight is 405 g/mol. The first-order valence-corrected chi connectivity index (χ1v) is 9.07. The van der Waals surface area contributed by atoms with Gasteiger partial charge in [-0.2, -0.15) is 5.01 Å². The standard InChI is InChI=1S/C18H13ClN2O3S2/c1-24-14-4-2-3-11(9-14)10-15-17(23)21(18(25)26-15)20-16(22)12-5-7-13(19)8-6-12/h2-10H,1H3,(H,20,22)/b15-10+. The zero-order chi connectivity index (χ0) is 18.7. The highest BCUT2D eigenvalue weighted by molar-refractivity contribution is 8.26. The highest BCUT2D eigenvalue weighted by Gasteiger charge is 2.33. The van der Waals surface area contributed by atoms with Gasteiger partial charge in [-0.1, -0.05) is 35.5 Å². The third kappa shape index (κ3) is 4.07. The zero-order valence-corrected chi connectivity index (χ0v) is 16.0. The number of nitrogens with zero attached hydrogens (tertiary/aromatic N) is 1. The summed E-state index contributed by atoms with van der Waals surface area (Å²) in [6.07, 6.45) is 1.70. The maximum absolute atomic E-state index is 12.6. The Kier molecular flexibility index (Phi) is 5.61. The summed E-state index contributed by atoms with van der Waals surface area (Å²) in [5, 5.41) is 1.59. The van der Waals surface area contributed by atoms with Gasteiger partial charge in [0.1, 0.15) is 5.75 Å². The number of hydrazine groups is 1. The Bertz CT molecular complexity index is 913. The SMILES string of the molecule is COc1cccc(/C=C2/SC(=S)N(NC(=O)c3ccc(Cl)cc3)C2=O)c1. The number of ether oxygens (including phenoxy) is 1. The van der Waals surface area contributed by atoms with Gasteiger partial charge in [0.05, 0.1) is 12.0 Å². The van der Waals surface area contributed by atoms with Crippen LogP contribution in [0.3, 0.4) is 0 Å². The van der Waals surface area contributed by atoms with E-state index in [9.17, 15) is 9.59 Å². The van der Waals surface area contributed by atoms with Crippen molar-refractivity contribution in [1.29, 1.82) is 0 Å². The summed E-state index contributed by atoms with van der Waals surface area (Å²) in [5.74, 6) is -0.143. The lowest BCUT2D eigenvalue weighted by Crippen LogP contribution is -2.44.